The standard InChI is InChI=1S/C9H12N4O2S2/c1-5-4-10-9(16-5)13-17(14,15)8-6(2)11-12-7(8)3/h4H,1-3H3,(H,10,13)(H,11,12). The molecule has 17 heavy (non-hydrogen) atoms. The van der Waals surface area contributed by atoms with Crippen molar-refractivity contribution < 1.29 is 8.42 Å². The highest BCUT2D eigenvalue weighted by Gasteiger charge is 2.23. The first-order chi connectivity index (χ1) is 7.90. The molecule has 0 spiro atoms. The number of rotatable bonds is 3. The van der Waals surface area contributed by atoms with E-state index < -0.39 is 10.0 Å². The summed E-state index contributed by atoms with van der Waals surface area (Å²) in [6, 6.07) is 0. The van der Waals surface area contributed by atoms with Crippen LogP contribution in [0, 0.1) is 20.8 Å². The first-order valence-electron chi connectivity index (χ1n) is 4.87. The molecule has 8 heteroatoms. The van der Waals surface area contributed by atoms with Crippen molar-refractivity contribution in [1.82, 2.24) is 15.2 Å². The van der Waals surface area contributed by atoms with Gasteiger partial charge in [-0.05, 0) is 20.8 Å². The number of anilines is 1. The molecule has 0 aliphatic heterocycles. The van der Waals surface area contributed by atoms with Gasteiger partial charge in [-0.2, -0.15) is 5.10 Å². The first kappa shape index (κ1) is 12.1. The molecule has 2 aromatic heterocycles. The van der Waals surface area contributed by atoms with E-state index in [1.807, 2.05) is 6.92 Å². The molecule has 2 heterocycles. The van der Waals surface area contributed by atoms with Crippen LogP contribution >= 0.6 is 11.3 Å². The number of aryl methyl sites for hydroxylation is 3. The number of nitrogens with zero attached hydrogens (tertiary/aromatic N) is 2. The average molecular weight is 272 g/mol. The van der Waals surface area contributed by atoms with Crippen LogP contribution < -0.4 is 4.72 Å². The lowest BCUT2D eigenvalue weighted by Gasteiger charge is -2.04. The molecule has 92 valence electrons. The molecule has 0 aliphatic rings. The molecule has 6 nitrogen and oxygen atoms in total. The van der Waals surface area contributed by atoms with Gasteiger partial charge < -0.3 is 0 Å². The predicted molar refractivity (Wildman–Crippen MR) is 65.7 cm³/mol. The minimum absolute atomic E-state index is 0.186. The number of H-pyrrole nitrogens is 1. The smallest absolute Gasteiger partial charge is 0.267 e. The van der Waals surface area contributed by atoms with Gasteiger partial charge >= 0.3 is 0 Å². The molecule has 0 aromatic carbocycles. The maximum atomic E-state index is 12.1. The molecule has 0 radical (unpaired) electrons. The molecule has 0 unspecified atom stereocenters. The number of hydrogen-bond donors (Lipinski definition) is 2. The van der Waals surface area contributed by atoms with Crippen LogP contribution in [-0.2, 0) is 10.0 Å². The Morgan fingerprint density at radius 2 is 2.06 bits per heavy atom. The van der Waals surface area contributed by atoms with E-state index in [2.05, 4.69) is 19.9 Å². The third kappa shape index (κ3) is 2.32. The zero-order valence-electron chi connectivity index (χ0n) is 9.60. The Morgan fingerprint density at radius 1 is 1.35 bits per heavy atom. The minimum atomic E-state index is -3.61. The van der Waals surface area contributed by atoms with Crippen molar-refractivity contribution in [3.05, 3.63) is 22.5 Å². The number of thiazole rings is 1. The van der Waals surface area contributed by atoms with Gasteiger partial charge in [0.2, 0.25) is 0 Å². The van der Waals surface area contributed by atoms with Crippen molar-refractivity contribution in [2.45, 2.75) is 25.7 Å². The van der Waals surface area contributed by atoms with Crippen molar-refractivity contribution >= 4 is 26.5 Å². The molecule has 2 rings (SSSR count). The summed E-state index contributed by atoms with van der Waals surface area (Å²) in [6.07, 6.45) is 1.62. The lowest BCUT2D eigenvalue weighted by molar-refractivity contribution is 0.600. The number of aromatic amines is 1. The van der Waals surface area contributed by atoms with Gasteiger partial charge in [0.25, 0.3) is 10.0 Å². The van der Waals surface area contributed by atoms with E-state index in [4.69, 9.17) is 0 Å². The van der Waals surface area contributed by atoms with Crippen LogP contribution in [0.5, 0.6) is 0 Å². The molecular weight excluding hydrogens is 260 g/mol. The van der Waals surface area contributed by atoms with E-state index >= 15 is 0 Å². The number of sulfonamides is 1. The lowest BCUT2D eigenvalue weighted by atomic mass is 10.4. The predicted octanol–water partition coefficient (Wildman–Crippen LogP) is 1.59. The Bertz CT molecular complexity index is 622. The zero-order chi connectivity index (χ0) is 12.6. The van der Waals surface area contributed by atoms with E-state index in [0.717, 1.165) is 4.88 Å². The molecule has 2 aromatic rings. The number of nitrogens with one attached hydrogen (secondary N) is 2. The molecule has 0 atom stereocenters. The fourth-order valence-electron chi connectivity index (χ4n) is 1.50. The van der Waals surface area contributed by atoms with Gasteiger partial charge in [0.15, 0.2) is 5.13 Å². The Morgan fingerprint density at radius 3 is 2.53 bits per heavy atom. The average Bonchev–Trinajstić information content (AvgIpc) is 2.73. The summed E-state index contributed by atoms with van der Waals surface area (Å²) < 4.78 is 26.7. The fourth-order valence-corrected chi connectivity index (χ4v) is 3.78. The fraction of sp³-hybridized carbons (Fsp3) is 0.333. The zero-order valence-corrected chi connectivity index (χ0v) is 11.2. The van der Waals surface area contributed by atoms with Gasteiger partial charge in [0.1, 0.15) is 4.90 Å². The molecule has 0 amide bonds. The number of hydrogen-bond acceptors (Lipinski definition) is 5. The van der Waals surface area contributed by atoms with E-state index in [-0.39, 0.29) is 4.90 Å². The Kier molecular flexibility index (Phi) is 2.92. The van der Waals surface area contributed by atoms with Crippen LogP contribution in [0.1, 0.15) is 16.3 Å². The monoisotopic (exact) mass is 272 g/mol. The SMILES string of the molecule is Cc1cnc(NS(=O)(=O)c2c(C)n[nH]c2C)s1. The summed E-state index contributed by atoms with van der Waals surface area (Å²) in [7, 11) is -3.61. The van der Waals surface area contributed by atoms with E-state index in [9.17, 15) is 8.42 Å². The molecule has 2 N–H and O–H groups in total. The largest absolute Gasteiger partial charge is 0.281 e. The third-order valence-electron chi connectivity index (χ3n) is 2.17. The summed E-state index contributed by atoms with van der Waals surface area (Å²) >= 11 is 1.29. The van der Waals surface area contributed by atoms with Crippen LogP contribution in [-0.4, -0.2) is 23.6 Å². The second-order valence-electron chi connectivity index (χ2n) is 3.64. The van der Waals surface area contributed by atoms with Gasteiger partial charge in [0, 0.05) is 11.1 Å². The quantitative estimate of drug-likeness (QED) is 0.888. The van der Waals surface area contributed by atoms with Crippen LogP contribution in [0.2, 0.25) is 0 Å². The second kappa shape index (κ2) is 4.11. The molecule has 0 aliphatic carbocycles. The number of aromatic nitrogens is 3. The van der Waals surface area contributed by atoms with E-state index in [0.29, 0.717) is 16.5 Å². The van der Waals surface area contributed by atoms with E-state index in [1.54, 1.807) is 20.0 Å². The van der Waals surface area contributed by atoms with Gasteiger partial charge in [-0.15, -0.1) is 11.3 Å². The van der Waals surface area contributed by atoms with Gasteiger partial charge in [0.05, 0.1) is 11.4 Å². The first-order valence-corrected chi connectivity index (χ1v) is 7.17. The highest BCUT2D eigenvalue weighted by molar-refractivity contribution is 7.93. The Labute approximate surface area is 103 Å². The van der Waals surface area contributed by atoms with Crippen LogP contribution in [0.4, 0.5) is 5.13 Å². The van der Waals surface area contributed by atoms with Crippen LogP contribution in [0.25, 0.3) is 0 Å². The molecular formula is C9H12N4O2S2. The summed E-state index contributed by atoms with van der Waals surface area (Å²) in [5.41, 5.74) is 0.964. The topological polar surface area (TPSA) is 87.7 Å². The maximum absolute atomic E-state index is 12.1. The molecule has 0 bridgehead atoms. The molecule has 0 saturated heterocycles. The van der Waals surface area contributed by atoms with Crippen molar-refractivity contribution in [3.8, 4) is 0 Å². The van der Waals surface area contributed by atoms with Crippen molar-refractivity contribution in [3.63, 3.8) is 0 Å². The summed E-state index contributed by atoms with van der Waals surface area (Å²) in [5.74, 6) is 0. The maximum Gasteiger partial charge on any atom is 0.267 e. The summed E-state index contributed by atoms with van der Waals surface area (Å²) in [6.45, 7) is 5.18. The van der Waals surface area contributed by atoms with Crippen molar-refractivity contribution in [1.29, 1.82) is 0 Å². The van der Waals surface area contributed by atoms with E-state index in [1.165, 1.54) is 11.3 Å². The van der Waals surface area contributed by atoms with Crippen molar-refractivity contribution in [2.24, 2.45) is 0 Å². The minimum Gasteiger partial charge on any atom is -0.281 e. The van der Waals surface area contributed by atoms with Gasteiger partial charge in [-0.3, -0.25) is 9.82 Å². The van der Waals surface area contributed by atoms with Gasteiger partial charge in [-0.1, -0.05) is 0 Å². The Balaban J connectivity index is 2.38. The highest BCUT2D eigenvalue weighted by Crippen LogP contribution is 2.23. The summed E-state index contributed by atoms with van der Waals surface area (Å²) in [4.78, 5) is 5.10. The normalized spacial score (nSPS) is 11.7. The van der Waals surface area contributed by atoms with Crippen LogP contribution in [0.15, 0.2) is 11.1 Å². The second-order valence-corrected chi connectivity index (χ2v) is 6.50. The highest BCUT2D eigenvalue weighted by atomic mass is 32.2. The Hall–Kier alpha value is -1.41. The lowest BCUT2D eigenvalue weighted by Crippen LogP contribution is -2.14. The van der Waals surface area contributed by atoms with Crippen LogP contribution in [0.3, 0.4) is 0 Å². The van der Waals surface area contributed by atoms with Gasteiger partial charge in [-0.25, -0.2) is 13.4 Å². The van der Waals surface area contributed by atoms with Crippen molar-refractivity contribution in [2.75, 3.05) is 4.72 Å². The third-order valence-corrected chi connectivity index (χ3v) is 4.73. The summed E-state index contributed by atoms with van der Waals surface area (Å²) in [5, 5.41) is 6.88. The molecule has 0 saturated carbocycles. The molecule has 0 fully saturated rings.